The Morgan fingerprint density at radius 3 is 2.12 bits per heavy atom. The zero-order chi connectivity index (χ0) is 31.2. The van der Waals surface area contributed by atoms with Crippen LogP contribution in [0.3, 0.4) is 0 Å². The third-order valence-corrected chi connectivity index (χ3v) is 8.85. The molecule has 0 aliphatic rings. The number of sulfonamides is 1. The quantitative estimate of drug-likeness (QED) is 0.270. The molecule has 1 N–H and O–H groups in total. The molecule has 0 aliphatic carbocycles. The van der Waals surface area contributed by atoms with Crippen molar-refractivity contribution in [1.82, 2.24) is 10.2 Å². The summed E-state index contributed by atoms with van der Waals surface area (Å²) in [5, 5.41) is 3.55. The summed E-state index contributed by atoms with van der Waals surface area (Å²) in [5.41, 5.74) is 1.24. The van der Waals surface area contributed by atoms with Crippen LogP contribution in [0.2, 0.25) is 10.0 Å². The Bertz CT molecular complexity index is 1510. The van der Waals surface area contributed by atoms with Gasteiger partial charge in [-0.1, -0.05) is 47.0 Å². The van der Waals surface area contributed by atoms with Gasteiger partial charge in [0.2, 0.25) is 11.8 Å². The van der Waals surface area contributed by atoms with Crippen molar-refractivity contribution >= 4 is 50.7 Å². The number of amides is 2. The zero-order valence-corrected chi connectivity index (χ0v) is 27.0. The van der Waals surface area contributed by atoms with Gasteiger partial charge in [-0.3, -0.25) is 13.9 Å². The summed E-state index contributed by atoms with van der Waals surface area (Å²) in [7, 11) is -4.18. The van der Waals surface area contributed by atoms with E-state index in [0.717, 1.165) is 9.87 Å². The summed E-state index contributed by atoms with van der Waals surface area (Å²) in [6.45, 7) is 10.7. The number of ether oxygens (including phenoxy) is 1. The summed E-state index contributed by atoms with van der Waals surface area (Å²) >= 11 is 12.3. The van der Waals surface area contributed by atoms with E-state index < -0.39 is 34.1 Å². The molecule has 0 unspecified atom stereocenters. The minimum Gasteiger partial charge on any atom is -0.494 e. The molecule has 0 saturated carbocycles. The van der Waals surface area contributed by atoms with Crippen LogP contribution in [0.4, 0.5) is 5.69 Å². The highest BCUT2D eigenvalue weighted by atomic mass is 35.5. The van der Waals surface area contributed by atoms with Crippen LogP contribution < -0.4 is 14.4 Å². The number of carbonyl (C=O) groups is 2. The lowest BCUT2D eigenvalue weighted by molar-refractivity contribution is -0.140. The molecule has 226 valence electrons. The smallest absolute Gasteiger partial charge is 0.264 e. The van der Waals surface area contributed by atoms with Gasteiger partial charge in [-0.15, -0.1) is 0 Å². The van der Waals surface area contributed by atoms with E-state index in [1.54, 1.807) is 61.5 Å². The van der Waals surface area contributed by atoms with Gasteiger partial charge in [0.05, 0.1) is 27.2 Å². The van der Waals surface area contributed by atoms with E-state index in [4.69, 9.17) is 27.9 Å². The molecule has 3 aromatic rings. The molecule has 0 spiro atoms. The van der Waals surface area contributed by atoms with Crippen molar-refractivity contribution in [2.24, 2.45) is 0 Å². The maximum atomic E-state index is 14.1. The van der Waals surface area contributed by atoms with E-state index in [1.165, 1.54) is 17.0 Å². The molecule has 3 rings (SSSR count). The molecule has 0 radical (unpaired) electrons. The van der Waals surface area contributed by atoms with E-state index in [1.807, 2.05) is 34.6 Å². The van der Waals surface area contributed by atoms with Crippen molar-refractivity contribution in [2.45, 2.75) is 64.6 Å². The largest absolute Gasteiger partial charge is 0.494 e. The Labute approximate surface area is 258 Å². The molecule has 2 amide bonds. The highest BCUT2D eigenvalue weighted by Gasteiger charge is 2.33. The average molecular weight is 635 g/mol. The number of aryl methyl sites for hydroxylation is 1. The van der Waals surface area contributed by atoms with Crippen LogP contribution in [0.5, 0.6) is 5.75 Å². The van der Waals surface area contributed by atoms with E-state index in [0.29, 0.717) is 28.0 Å². The summed E-state index contributed by atoms with van der Waals surface area (Å²) < 4.78 is 34.5. The Balaban J connectivity index is 2.05. The summed E-state index contributed by atoms with van der Waals surface area (Å²) in [4.78, 5) is 28.6. The average Bonchev–Trinajstić information content (AvgIpc) is 2.91. The van der Waals surface area contributed by atoms with E-state index in [2.05, 4.69) is 5.32 Å². The summed E-state index contributed by atoms with van der Waals surface area (Å²) in [5.74, 6) is -0.402. The second kappa shape index (κ2) is 13.8. The van der Waals surface area contributed by atoms with Crippen LogP contribution in [0.25, 0.3) is 0 Å². The second-order valence-corrected chi connectivity index (χ2v) is 13.6. The SMILES string of the molecule is CCOc1ccc(N(CC(=O)N(Cc2ccc(Cl)c(Cl)c2)[C@@H](C)C(=O)NC(C)(C)C)S(=O)(=O)c2ccc(C)cc2)cc1. The zero-order valence-electron chi connectivity index (χ0n) is 24.6. The van der Waals surface area contributed by atoms with Crippen molar-refractivity contribution in [3.8, 4) is 5.75 Å². The number of nitrogens with one attached hydrogen (secondary N) is 1. The van der Waals surface area contributed by atoms with Gasteiger partial charge in [-0.25, -0.2) is 8.42 Å². The maximum absolute atomic E-state index is 14.1. The van der Waals surface area contributed by atoms with E-state index in [-0.39, 0.29) is 23.0 Å². The normalized spacial score (nSPS) is 12.4. The minimum atomic E-state index is -4.18. The number of rotatable bonds is 11. The van der Waals surface area contributed by atoms with Gasteiger partial charge in [-0.2, -0.15) is 0 Å². The topological polar surface area (TPSA) is 96.0 Å². The van der Waals surface area contributed by atoms with Crippen molar-refractivity contribution in [3.05, 3.63) is 87.9 Å². The molecule has 0 bridgehead atoms. The first-order valence-electron chi connectivity index (χ1n) is 13.5. The first-order chi connectivity index (χ1) is 19.6. The molecule has 0 aliphatic heterocycles. The van der Waals surface area contributed by atoms with Gasteiger partial charge >= 0.3 is 0 Å². The Hall–Kier alpha value is -3.27. The minimum absolute atomic E-state index is 0.00382. The number of halogens is 2. The molecule has 0 heterocycles. The number of hydrogen-bond acceptors (Lipinski definition) is 5. The van der Waals surface area contributed by atoms with Crippen molar-refractivity contribution in [2.75, 3.05) is 17.5 Å². The molecule has 1 atom stereocenters. The summed E-state index contributed by atoms with van der Waals surface area (Å²) in [6.07, 6.45) is 0. The molecule has 42 heavy (non-hydrogen) atoms. The molecule has 8 nitrogen and oxygen atoms in total. The number of carbonyl (C=O) groups excluding carboxylic acids is 2. The van der Waals surface area contributed by atoms with Crippen LogP contribution in [0.1, 0.15) is 45.7 Å². The first kappa shape index (κ1) is 33.2. The van der Waals surface area contributed by atoms with Crippen LogP contribution >= 0.6 is 23.2 Å². The Morgan fingerprint density at radius 1 is 0.952 bits per heavy atom. The van der Waals surface area contributed by atoms with E-state index >= 15 is 0 Å². The molecular weight excluding hydrogens is 597 g/mol. The lowest BCUT2D eigenvalue weighted by Gasteiger charge is -2.33. The predicted molar refractivity (Wildman–Crippen MR) is 168 cm³/mol. The van der Waals surface area contributed by atoms with Gasteiger partial charge in [-0.05, 0) is 95.6 Å². The third kappa shape index (κ3) is 8.63. The standard InChI is InChI=1S/C31H37Cl2N3O5S/c1-7-41-25-13-11-24(12-14-25)36(42(39,40)26-15-8-21(2)9-16-26)20-29(37)35(22(3)30(38)34-31(4,5)6)19-23-10-17-27(32)28(33)18-23/h8-18,22H,7,19-20H2,1-6H3,(H,34,38)/t22-/m0/s1. The number of nitrogens with zero attached hydrogens (tertiary/aromatic N) is 2. The fourth-order valence-electron chi connectivity index (χ4n) is 4.13. The van der Waals surface area contributed by atoms with Gasteiger partial charge < -0.3 is 15.0 Å². The van der Waals surface area contributed by atoms with E-state index in [9.17, 15) is 18.0 Å². The fraction of sp³-hybridized carbons (Fsp3) is 0.355. The van der Waals surface area contributed by atoms with Crippen LogP contribution in [-0.2, 0) is 26.2 Å². The van der Waals surface area contributed by atoms with Crippen LogP contribution in [0, 0.1) is 6.92 Å². The van der Waals surface area contributed by atoms with Crippen molar-refractivity contribution in [1.29, 1.82) is 0 Å². The van der Waals surface area contributed by atoms with Crippen molar-refractivity contribution < 1.29 is 22.7 Å². The number of hydrogen-bond donors (Lipinski definition) is 1. The summed E-state index contributed by atoms with van der Waals surface area (Å²) in [6, 6.07) is 16.9. The molecule has 11 heteroatoms. The predicted octanol–water partition coefficient (Wildman–Crippen LogP) is 6.23. The highest BCUT2D eigenvalue weighted by Crippen LogP contribution is 2.28. The third-order valence-electron chi connectivity index (χ3n) is 6.33. The molecule has 0 saturated heterocycles. The van der Waals surface area contributed by atoms with Crippen molar-refractivity contribution in [3.63, 3.8) is 0 Å². The van der Waals surface area contributed by atoms with Gasteiger partial charge in [0.1, 0.15) is 18.3 Å². The first-order valence-corrected chi connectivity index (χ1v) is 15.7. The van der Waals surface area contributed by atoms with Crippen LogP contribution in [0.15, 0.2) is 71.6 Å². The number of anilines is 1. The van der Waals surface area contributed by atoms with Gasteiger partial charge in [0.15, 0.2) is 0 Å². The Kier molecular flexibility index (Phi) is 10.9. The van der Waals surface area contributed by atoms with Gasteiger partial charge in [0.25, 0.3) is 10.0 Å². The highest BCUT2D eigenvalue weighted by molar-refractivity contribution is 7.92. The maximum Gasteiger partial charge on any atom is 0.264 e. The van der Waals surface area contributed by atoms with Gasteiger partial charge in [0, 0.05) is 12.1 Å². The molecule has 3 aromatic carbocycles. The molecule has 0 aromatic heterocycles. The lowest BCUT2D eigenvalue weighted by Crippen LogP contribution is -2.54. The monoisotopic (exact) mass is 633 g/mol. The molecule has 0 fully saturated rings. The number of benzene rings is 3. The molecular formula is C31H37Cl2N3O5S. The van der Waals surface area contributed by atoms with Crippen LogP contribution in [-0.4, -0.2) is 49.9 Å². The second-order valence-electron chi connectivity index (χ2n) is 10.9. The fourth-order valence-corrected chi connectivity index (χ4v) is 5.87. The Morgan fingerprint density at radius 2 is 1.57 bits per heavy atom. The lowest BCUT2D eigenvalue weighted by atomic mass is 10.1.